The van der Waals surface area contributed by atoms with Gasteiger partial charge in [-0.25, -0.2) is 0 Å². The van der Waals surface area contributed by atoms with E-state index in [1.54, 1.807) is 0 Å². The summed E-state index contributed by atoms with van der Waals surface area (Å²) in [5.41, 5.74) is 0. The zero-order valence-corrected chi connectivity index (χ0v) is 11.3. The molecule has 0 aliphatic carbocycles. The zero-order chi connectivity index (χ0) is 12.7. The first-order valence-corrected chi connectivity index (χ1v) is 6.76. The molecule has 3 unspecified atom stereocenters. The fourth-order valence-electron chi connectivity index (χ4n) is 1.91. The maximum Gasteiger partial charge on any atom is 0.249 e. The molecule has 100 valence electrons. The average Bonchev–Trinajstić information content (AvgIpc) is 2.81. The normalized spacial score (nSPS) is 23.4. The SMILES string of the molecule is CCC(C)NC(=O)C(C)OCCC1CCNC1. The van der Waals surface area contributed by atoms with E-state index in [1.165, 1.54) is 6.42 Å². The van der Waals surface area contributed by atoms with Crippen LogP contribution in [0.5, 0.6) is 0 Å². The first-order chi connectivity index (χ1) is 8.13. The van der Waals surface area contributed by atoms with Crippen LogP contribution in [0.4, 0.5) is 0 Å². The van der Waals surface area contributed by atoms with Crippen LogP contribution in [0.3, 0.4) is 0 Å². The molecule has 1 fully saturated rings. The molecule has 3 atom stereocenters. The van der Waals surface area contributed by atoms with E-state index >= 15 is 0 Å². The highest BCUT2D eigenvalue weighted by Gasteiger charge is 2.17. The van der Waals surface area contributed by atoms with Crippen molar-refractivity contribution in [1.29, 1.82) is 0 Å². The number of carbonyl (C=O) groups is 1. The van der Waals surface area contributed by atoms with Crippen molar-refractivity contribution in [2.24, 2.45) is 5.92 Å². The molecule has 1 aliphatic rings. The Bertz CT molecular complexity index is 227. The van der Waals surface area contributed by atoms with Crippen LogP contribution >= 0.6 is 0 Å². The predicted molar refractivity (Wildman–Crippen MR) is 68.9 cm³/mol. The van der Waals surface area contributed by atoms with Crippen LogP contribution in [-0.4, -0.2) is 37.7 Å². The Morgan fingerprint density at radius 2 is 2.29 bits per heavy atom. The summed E-state index contributed by atoms with van der Waals surface area (Å²) in [5.74, 6) is 0.726. The van der Waals surface area contributed by atoms with Gasteiger partial charge in [0, 0.05) is 12.6 Å². The summed E-state index contributed by atoms with van der Waals surface area (Å²) in [6, 6.07) is 0.229. The summed E-state index contributed by atoms with van der Waals surface area (Å²) >= 11 is 0. The largest absolute Gasteiger partial charge is 0.369 e. The predicted octanol–water partition coefficient (Wildman–Crippen LogP) is 1.31. The van der Waals surface area contributed by atoms with Crippen molar-refractivity contribution < 1.29 is 9.53 Å². The Morgan fingerprint density at radius 3 is 2.88 bits per heavy atom. The van der Waals surface area contributed by atoms with Crippen LogP contribution in [0, 0.1) is 5.92 Å². The van der Waals surface area contributed by atoms with Crippen molar-refractivity contribution in [3.63, 3.8) is 0 Å². The van der Waals surface area contributed by atoms with Gasteiger partial charge in [0.05, 0.1) is 0 Å². The first kappa shape index (κ1) is 14.5. The minimum Gasteiger partial charge on any atom is -0.369 e. The molecule has 1 aliphatic heterocycles. The topological polar surface area (TPSA) is 50.4 Å². The summed E-state index contributed by atoms with van der Waals surface area (Å²) < 4.78 is 5.57. The van der Waals surface area contributed by atoms with Crippen molar-refractivity contribution in [2.45, 2.75) is 52.2 Å². The Kier molecular flexibility index (Phi) is 6.52. The van der Waals surface area contributed by atoms with Crippen LogP contribution in [0.2, 0.25) is 0 Å². The molecule has 1 rings (SSSR count). The number of nitrogens with one attached hydrogen (secondary N) is 2. The molecular formula is C13H26N2O2. The van der Waals surface area contributed by atoms with E-state index in [1.807, 2.05) is 13.8 Å². The van der Waals surface area contributed by atoms with Crippen molar-refractivity contribution >= 4 is 5.91 Å². The minimum absolute atomic E-state index is 0.00361. The Morgan fingerprint density at radius 1 is 1.53 bits per heavy atom. The van der Waals surface area contributed by atoms with Crippen molar-refractivity contribution in [2.75, 3.05) is 19.7 Å². The average molecular weight is 242 g/mol. The standard InChI is InChI=1S/C13H26N2O2/c1-4-10(2)15-13(16)11(3)17-8-6-12-5-7-14-9-12/h10-12,14H,4-9H2,1-3H3,(H,15,16). The zero-order valence-electron chi connectivity index (χ0n) is 11.3. The van der Waals surface area contributed by atoms with Gasteiger partial charge < -0.3 is 15.4 Å². The second-order valence-corrected chi connectivity index (χ2v) is 4.98. The molecule has 17 heavy (non-hydrogen) atoms. The quantitative estimate of drug-likeness (QED) is 0.707. The molecule has 0 bridgehead atoms. The Labute approximate surface area is 104 Å². The second-order valence-electron chi connectivity index (χ2n) is 4.98. The second kappa shape index (κ2) is 7.67. The van der Waals surface area contributed by atoms with Gasteiger partial charge >= 0.3 is 0 Å². The van der Waals surface area contributed by atoms with Gasteiger partial charge in [-0.3, -0.25) is 4.79 Å². The molecule has 0 aromatic carbocycles. The van der Waals surface area contributed by atoms with Gasteiger partial charge in [-0.1, -0.05) is 6.92 Å². The molecule has 0 saturated carbocycles. The van der Waals surface area contributed by atoms with Gasteiger partial charge in [-0.15, -0.1) is 0 Å². The summed E-state index contributed by atoms with van der Waals surface area (Å²) in [4.78, 5) is 11.7. The van der Waals surface area contributed by atoms with Crippen LogP contribution in [-0.2, 0) is 9.53 Å². The van der Waals surface area contributed by atoms with Crippen LogP contribution < -0.4 is 10.6 Å². The Hall–Kier alpha value is -0.610. The number of amides is 1. The third-order valence-electron chi connectivity index (χ3n) is 3.43. The third-order valence-corrected chi connectivity index (χ3v) is 3.43. The van der Waals surface area contributed by atoms with Gasteiger partial charge in [0.25, 0.3) is 0 Å². The molecule has 1 heterocycles. The smallest absolute Gasteiger partial charge is 0.249 e. The lowest BCUT2D eigenvalue weighted by atomic mass is 10.1. The lowest BCUT2D eigenvalue weighted by Gasteiger charge is -2.17. The molecule has 0 radical (unpaired) electrons. The first-order valence-electron chi connectivity index (χ1n) is 6.76. The molecular weight excluding hydrogens is 216 g/mol. The number of hydrogen-bond acceptors (Lipinski definition) is 3. The van der Waals surface area contributed by atoms with E-state index in [0.717, 1.165) is 31.8 Å². The van der Waals surface area contributed by atoms with Gasteiger partial charge in [0.2, 0.25) is 5.91 Å². The van der Waals surface area contributed by atoms with E-state index in [0.29, 0.717) is 6.61 Å². The van der Waals surface area contributed by atoms with Gasteiger partial charge in [-0.05, 0) is 52.1 Å². The fraction of sp³-hybridized carbons (Fsp3) is 0.923. The van der Waals surface area contributed by atoms with E-state index in [4.69, 9.17) is 4.74 Å². The molecule has 4 nitrogen and oxygen atoms in total. The van der Waals surface area contributed by atoms with Crippen LogP contribution in [0.1, 0.15) is 40.0 Å². The third kappa shape index (κ3) is 5.50. The van der Waals surface area contributed by atoms with Crippen LogP contribution in [0.15, 0.2) is 0 Å². The lowest BCUT2D eigenvalue weighted by molar-refractivity contribution is -0.132. The number of hydrogen-bond donors (Lipinski definition) is 2. The Balaban J connectivity index is 2.10. The summed E-state index contributed by atoms with van der Waals surface area (Å²) in [5, 5.41) is 6.26. The van der Waals surface area contributed by atoms with E-state index in [-0.39, 0.29) is 18.1 Å². The molecule has 4 heteroatoms. The number of rotatable bonds is 7. The van der Waals surface area contributed by atoms with E-state index < -0.39 is 0 Å². The highest BCUT2D eigenvalue weighted by atomic mass is 16.5. The van der Waals surface area contributed by atoms with Gasteiger partial charge in [-0.2, -0.15) is 0 Å². The highest BCUT2D eigenvalue weighted by Crippen LogP contribution is 2.12. The summed E-state index contributed by atoms with van der Waals surface area (Å²) in [6.07, 6.45) is 2.90. The lowest BCUT2D eigenvalue weighted by Crippen LogP contribution is -2.39. The maximum atomic E-state index is 11.7. The fourth-order valence-corrected chi connectivity index (χ4v) is 1.91. The minimum atomic E-state index is -0.335. The van der Waals surface area contributed by atoms with Crippen molar-refractivity contribution in [3.8, 4) is 0 Å². The van der Waals surface area contributed by atoms with Gasteiger partial charge in [0.15, 0.2) is 0 Å². The van der Waals surface area contributed by atoms with Gasteiger partial charge in [0.1, 0.15) is 6.10 Å². The molecule has 0 aromatic heterocycles. The molecule has 0 aromatic rings. The number of ether oxygens (including phenoxy) is 1. The number of carbonyl (C=O) groups excluding carboxylic acids is 1. The summed E-state index contributed by atoms with van der Waals surface area (Å²) in [6.45, 7) is 8.79. The summed E-state index contributed by atoms with van der Waals surface area (Å²) in [7, 11) is 0. The maximum absolute atomic E-state index is 11.7. The molecule has 1 saturated heterocycles. The van der Waals surface area contributed by atoms with Crippen LogP contribution in [0.25, 0.3) is 0 Å². The molecule has 1 amide bonds. The van der Waals surface area contributed by atoms with E-state index in [2.05, 4.69) is 17.6 Å². The van der Waals surface area contributed by atoms with Crippen molar-refractivity contribution in [3.05, 3.63) is 0 Å². The highest BCUT2D eigenvalue weighted by molar-refractivity contribution is 5.80. The molecule has 0 spiro atoms. The van der Waals surface area contributed by atoms with Crippen molar-refractivity contribution in [1.82, 2.24) is 10.6 Å². The molecule has 2 N–H and O–H groups in total. The van der Waals surface area contributed by atoms with E-state index in [9.17, 15) is 4.79 Å². The monoisotopic (exact) mass is 242 g/mol.